The Bertz CT molecular complexity index is 1270. The van der Waals surface area contributed by atoms with Crippen molar-refractivity contribution in [2.75, 3.05) is 13.4 Å². The number of pyridine rings is 1. The number of hydrogen-bond acceptors (Lipinski definition) is 7. The highest BCUT2D eigenvalue weighted by Crippen LogP contribution is 2.44. The van der Waals surface area contributed by atoms with E-state index in [-0.39, 0.29) is 35.1 Å². The molecule has 10 heteroatoms. The van der Waals surface area contributed by atoms with Crippen molar-refractivity contribution in [1.29, 1.82) is 0 Å². The molecule has 4 rings (SSSR count). The van der Waals surface area contributed by atoms with Crippen molar-refractivity contribution in [1.82, 2.24) is 15.6 Å². The maximum atomic E-state index is 14.2. The number of nitrogens with one attached hydrogen (secondary N) is 2. The molecular weight excluding hydrogens is 506 g/mol. The highest BCUT2D eigenvalue weighted by Gasteiger charge is 2.49. The molecule has 2 amide bonds. The summed E-state index contributed by atoms with van der Waals surface area (Å²) >= 11 is 0. The zero-order chi connectivity index (χ0) is 27.5. The maximum absolute atomic E-state index is 14.2. The first-order valence-electron chi connectivity index (χ1n) is 13.2. The lowest BCUT2D eigenvalue weighted by atomic mass is 9.81. The van der Waals surface area contributed by atoms with Crippen LogP contribution >= 0.6 is 0 Å². The third kappa shape index (κ3) is 5.71. The molecule has 38 heavy (non-hydrogen) atoms. The summed E-state index contributed by atoms with van der Waals surface area (Å²) in [4.78, 5) is 31.7. The fourth-order valence-electron chi connectivity index (χ4n) is 6.04. The lowest BCUT2D eigenvalue weighted by Crippen LogP contribution is -2.68. The van der Waals surface area contributed by atoms with Gasteiger partial charge in [-0.25, -0.2) is 8.42 Å². The second-order valence-corrected chi connectivity index (χ2v) is 12.6. The summed E-state index contributed by atoms with van der Waals surface area (Å²) in [5.74, 6) is -0.379. The molecule has 2 fully saturated rings. The van der Waals surface area contributed by atoms with Crippen molar-refractivity contribution < 1.29 is 27.9 Å². The summed E-state index contributed by atoms with van der Waals surface area (Å²) in [5.41, 5.74) is -1.26. The molecular formula is C28H37N3O6S. The molecule has 2 aliphatic rings. The topological polar surface area (TPSA) is 135 Å². The molecule has 9 nitrogen and oxygen atoms in total. The van der Waals surface area contributed by atoms with Crippen LogP contribution in [0.25, 0.3) is 0 Å². The SMILES string of the molecule is CCC[C@H](O)[C@](Cc1ccccc1)(NC(=O)c1c(OC)cncc1S(C)(=O)=O)C(=O)NC1CC2CCC1C2. The molecule has 0 saturated heterocycles. The van der Waals surface area contributed by atoms with Crippen LogP contribution in [0.5, 0.6) is 5.75 Å². The Labute approximate surface area is 224 Å². The predicted molar refractivity (Wildman–Crippen MR) is 143 cm³/mol. The van der Waals surface area contributed by atoms with Gasteiger partial charge in [-0.3, -0.25) is 14.6 Å². The molecule has 0 spiro atoms. The molecule has 5 atom stereocenters. The summed E-state index contributed by atoms with van der Waals surface area (Å²) in [5, 5.41) is 17.5. The van der Waals surface area contributed by atoms with Crippen LogP contribution in [0, 0.1) is 11.8 Å². The fourth-order valence-corrected chi connectivity index (χ4v) is 6.85. The summed E-state index contributed by atoms with van der Waals surface area (Å²) in [6.07, 6.45) is 7.10. The zero-order valence-corrected chi connectivity index (χ0v) is 23.0. The smallest absolute Gasteiger partial charge is 0.257 e. The quantitative estimate of drug-likeness (QED) is 0.397. The zero-order valence-electron chi connectivity index (χ0n) is 22.1. The number of hydrogen-bond donors (Lipinski definition) is 3. The van der Waals surface area contributed by atoms with Gasteiger partial charge < -0.3 is 20.5 Å². The molecule has 2 aliphatic carbocycles. The Balaban J connectivity index is 1.79. The van der Waals surface area contributed by atoms with Gasteiger partial charge in [0, 0.05) is 24.9 Å². The van der Waals surface area contributed by atoms with Crippen LogP contribution in [0.3, 0.4) is 0 Å². The number of amides is 2. The van der Waals surface area contributed by atoms with Crippen LogP contribution in [0.1, 0.15) is 61.4 Å². The molecule has 3 unspecified atom stereocenters. The number of nitrogens with zero attached hydrogens (tertiary/aromatic N) is 1. The number of fused-ring (bicyclic) bond motifs is 2. The molecule has 1 heterocycles. The number of benzene rings is 1. The van der Waals surface area contributed by atoms with E-state index in [0.29, 0.717) is 18.3 Å². The Morgan fingerprint density at radius 2 is 1.92 bits per heavy atom. The van der Waals surface area contributed by atoms with Crippen LogP contribution in [0.15, 0.2) is 47.6 Å². The largest absolute Gasteiger partial charge is 0.494 e. The van der Waals surface area contributed by atoms with E-state index in [2.05, 4.69) is 15.6 Å². The molecule has 2 aromatic rings. The predicted octanol–water partition coefficient (Wildman–Crippen LogP) is 2.67. The molecule has 0 radical (unpaired) electrons. The molecule has 3 N–H and O–H groups in total. The third-order valence-corrected chi connectivity index (χ3v) is 9.08. The van der Waals surface area contributed by atoms with Gasteiger partial charge in [0.25, 0.3) is 5.91 Å². The van der Waals surface area contributed by atoms with Crippen molar-refractivity contribution in [3.8, 4) is 5.75 Å². The van der Waals surface area contributed by atoms with E-state index in [1.165, 1.54) is 13.3 Å². The number of ether oxygens (including phenoxy) is 1. The lowest BCUT2D eigenvalue weighted by Gasteiger charge is -2.39. The number of methoxy groups -OCH3 is 1. The second-order valence-electron chi connectivity index (χ2n) is 10.6. The van der Waals surface area contributed by atoms with E-state index in [1.54, 1.807) is 0 Å². The van der Waals surface area contributed by atoms with E-state index >= 15 is 0 Å². The van der Waals surface area contributed by atoms with Gasteiger partial charge in [0.2, 0.25) is 5.91 Å². The summed E-state index contributed by atoms with van der Waals surface area (Å²) in [6.45, 7) is 1.89. The summed E-state index contributed by atoms with van der Waals surface area (Å²) < 4.78 is 30.4. The Morgan fingerprint density at radius 3 is 2.50 bits per heavy atom. The minimum absolute atomic E-state index is 0.0228. The number of rotatable bonds is 11. The molecule has 2 bridgehead atoms. The first kappa shape index (κ1) is 28.0. The average Bonchev–Trinajstić information content (AvgIpc) is 3.51. The van der Waals surface area contributed by atoms with Crippen LogP contribution in [0.2, 0.25) is 0 Å². The summed E-state index contributed by atoms with van der Waals surface area (Å²) in [7, 11) is -2.56. The normalized spacial score (nSPS) is 22.9. The molecule has 206 valence electrons. The first-order chi connectivity index (χ1) is 18.1. The number of carbonyl (C=O) groups excluding carboxylic acids is 2. The van der Waals surface area contributed by atoms with Crippen molar-refractivity contribution in [3.63, 3.8) is 0 Å². The van der Waals surface area contributed by atoms with Gasteiger partial charge in [0.1, 0.15) is 16.0 Å². The molecule has 2 saturated carbocycles. The van der Waals surface area contributed by atoms with Gasteiger partial charge in [0.15, 0.2) is 15.6 Å². The van der Waals surface area contributed by atoms with E-state index < -0.39 is 33.3 Å². The first-order valence-corrected chi connectivity index (χ1v) is 15.1. The third-order valence-electron chi connectivity index (χ3n) is 7.98. The number of aliphatic hydroxyl groups excluding tert-OH is 1. The summed E-state index contributed by atoms with van der Waals surface area (Å²) in [6, 6.07) is 9.15. The highest BCUT2D eigenvalue weighted by molar-refractivity contribution is 7.90. The van der Waals surface area contributed by atoms with Gasteiger partial charge >= 0.3 is 0 Å². The Hall–Kier alpha value is -2.98. The highest BCUT2D eigenvalue weighted by atomic mass is 32.2. The number of aliphatic hydroxyl groups is 1. The molecule has 0 aliphatic heterocycles. The number of carbonyl (C=O) groups is 2. The van der Waals surface area contributed by atoms with E-state index in [4.69, 9.17) is 4.74 Å². The Kier molecular flexibility index (Phi) is 8.42. The van der Waals surface area contributed by atoms with E-state index in [0.717, 1.165) is 43.7 Å². The van der Waals surface area contributed by atoms with Crippen molar-refractivity contribution in [2.45, 2.75) is 74.4 Å². The standard InChI is InChI=1S/C28H37N3O6S/c1-4-8-24(32)28(15-18-9-6-5-7-10-18,27(34)30-21-14-19-11-12-20(21)13-19)31-26(33)25-22(37-2)16-29-17-23(25)38(3,35)36/h5-7,9-10,16-17,19-21,24,32H,4,8,11-15H2,1-3H3,(H,30,34)(H,31,33)/t19?,20?,21?,24-,28-/m0/s1. The van der Waals surface area contributed by atoms with Crippen molar-refractivity contribution >= 4 is 21.7 Å². The second kappa shape index (κ2) is 11.4. The molecule has 1 aromatic carbocycles. The monoisotopic (exact) mass is 543 g/mol. The number of sulfone groups is 1. The number of aromatic nitrogens is 1. The van der Waals surface area contributed by atoms with Crippen molar-refractivity contribution in [2.24, 2.45) is 11.8 Å². The minimum Gasteiger partial charge on any atom is -0.494 e. The van der Waals surface area contributed by atoms with Crippen LogP contribution in [-0.4, -0.2) is 61.4 Å². The van der Waals surface area contributed by atoms with E-state index in [9.17, 15) is 23.1 Å². The minimum atomic E-state index is -3.87. The lowest BCUT2D eigenvalue weighted by molar-refractivity contribution is -0.133. The average molecular weight is 544 g/mol. The Morgan fingerprint density at radius 1 is 1.18 bits per heavy atom. The van der Waals surface area contributed by atoms with Gasteiger partial charge in [-0.05, 0) is 43.1 Å². The van der Waals surface area contributed by atoms with Crippen LogP contribution in [-0.2, 0) is 21.1 Å². The van der Waals surface area contributed by atoms with E-state index in [1.807, 2.05) is 37.3 Å². The van der Waals surface area contributed by atoms with Gasteiger partial charge in [0.05, 0.1) is 19.4 Å². The van der Waals surface area contributed by atoms with Gasteiger partial charge in [-0.15, -0.1) is 0 Å². The van der Waals surface area contributed by atoms with Crippen LogP contribution in [0.4, 0.5) is 0 Å². The molecule has 1 aromatic heterocycles. The fraction of sp³-hybridized carbons (Fsp3) is 0.536. The van der Waals surface area contributed by atoms with Gasteiger partial charge in [-0.2, -0.15) is 0 Å². The van der Waals surface area contributed by atoms with Crippen molar-refractivity contribution in [3.05, 3.63) is 53.9 Å². The van der Waals surface area contributed by atoms with Crippen LogP contribution < -0.4 is 15.4 Å². The van der Waals surface area contributed by atoms with Gasteiger partial charge in [-0.1, -0.05) is 50.1 Å². The maximum Gasteiger partial charge on any atom is 0.257 e.